The lowest BCUT2D eigenvalue weighted by Gasteiger charge is -2.29. The van der Waals surface area contributed by atoms with Crippen molar-refractivity contribution in [3.05, 3.63) is 218 Å². The Morgan fingerprint density at radius 2 is 0.860 bits per heavy atom. The van der Waals surface area contributed by atoms with Crippen LogP contribution < -0.4 is 4.90 Å². The summed E-state index contributed by atoms with van der Waals surface area (Å²) in [6.45, 7) is 0. The van der Waals surface area contributed by atoms with Crippen LogP contribution in [0.25, 0.3) is 82.8 Å². The highest BCUT2D eigenvalue weighted by molar-refractivity contribution is 6.15. The molecule has 9 aromatic carbocycles. The molecule has 0 unspecified atom stereocenters. The van der Waals surface area contributed by atoms with Gasteiger partial charge in [-0.05, 0) is 59.2 Å². The molecular weight excluding hydrogens is 693 g/mol. The number of fused-ring (bicyclic) bond motifs is 6. The molecule has 0 saturated heterocycles. The zero-order valence-electron chi connectivity index (χ0n) is 31.1. The van der Waals surface area contributed by atoms with Gasteiger partial charge in [0, 0.05) is 38.5 Å². The Balaban J connectivity index is 1.26. The quantitative estimate of drug-likeness (QED) is 0.163. The molecule has 0 amide bonds. The summed E-state index contributed by atoms with van der Waals surface area (Å²) in [5, 5.41) is 4.57. The van der Waals surface area contributed by atoms with Crippen LogP contribution >= 0.6 is 0 Å². The first kappa shape index (κ1) is 32.8. The van der Waals surface area contributed by atoms with E-state index in [1.165, 1.54) is 33.0 Å². The van der Waals surface area contributed by atoms with E-state index < -0.39 is 0 Å². The molecule has 0 spiro atoms. The molecule has 0 fully saturated rings. The van der Waals surface area contributed by atoms with Crippen LogP contribution in [-0.4, -0.2) is 4.57 Å². The molecule has 11 aromatic rings. The smallest absolute Gasteiger partial charge is 0.137 e. The highest BCUT2D eigenvalue weighted by atomic mass is 16.3. The van der Waals surface area contributed by atoms with Gasteiger partial charge in [-0.3, -0.25) is 0 Å². The van der Waals surface area contributed by atoms with E-state index in [1.807, 2.05) is 6.07 Å². The molecule has 0 radical (unpaired) electrons. The largest absolute Gasteiger partial charge is 0.456 e. The Kier molecular flexibility index (Phi) is 7.82. The number of furan rings is 1. The summed E-state index contributed by atoms with van der Waals surface area (Å²) in [6, 6.07) is 78.2. The Morgan fingerprint density at radius 3 is 1.58 bits per heavy atom. The lowest BCUT2D eigenvalue weighted by molar-refractivity contribution is 0.669. The monoisotopic (exact) mass is 728 g/mol. The van der Waals surface area contributed by atoms with Crippen LogP contribution in [0.1, 0.15) is 0 Å². The lowest BCUT2D eigenvalue weighted by Crippen LogP contribution is -2.12. The van der Waals surface area contributed by atoms with Crippen molar-refractivity contribution in [3.63, 3.8) is 0 Å². The minimum absolute atomic E-state index is 0.857. The second-order valence-electron chi connectivity index (χ2n) is 14.5. The molecule has 0 N–H and O–H groups in total. The number of para-hydroxylation sites is 4. The van der Waals surface area contributed by atoms with E-state index in [-0.39, 0.29) is 0 Å². The molecule has 3 nitrogen and oxygen atoms in total. The highest BCUT2D eigenvalue weighted by Gasteiger charge is 2.25. The van der Waals surface area contributed by atoms with Crippen LogP contribution in [0.2, 0.25) is 0 Å². The summed E-state index contributed by atoms with van der Waals surface area (Å²) in [5.41, 5.74) is 15.3. The van der Waals surface area contributed by atoms with E-state index in [9.17, 15) is 0 Å². The molecule has 0 aliphatic rings. The van der Waals surface area contributed by atoms with Crippen LogP contribution in [-0.2, 0) is 0 Å². The van der Waals surface area contributed by atoms with Gasteiger partial charge in [-0.15, -0.1) is 0 Å². The molecule has 11 rings (SSSR count). The predicted octanol–water partition coefficient (Wildman–Crippen LogP) is 15.2. The Bertz CT molecular complexity index is 3180. The van der Waals surface area contributed by atoms with Crippen molar-refractivity contribution in [2.75, 3.05) is 4.90 Å². The van der Waals surface area contributed by atoms with Crippen molar-refractivity contribution in [2.45, 2.75) is 0 Å². The van der Waals surface area contributed by atoms with Gasteiger partial charge in [0.25, 0.3) is 0 Å². The van der Waals surface area contributed by atoms with Crippen LogP contribution in [0.4, 0.5) is 17.1 Å². The van der Waals surface area contributed by atoms with Crippen LogP contribution in [0.5, 0.6) is 0 Å². The summed E-state index contributed by atoms with van der Waals surface area (Å²) in [5.74, 6) is 0. The fraction of sp³-hybridized carbons (Fsp3) is 0. The van der Waals surface area contributed by atoms with Crippen LogP contribution in [0, 0.1) is 0 Å². The third kappa shape index (κ3) is 5.43. The number of rotatable bonds is 7. The molecule has 0 saturated carbocycles. The zero-order valence-corrected chi connectivity index (χ0v) is 31.1. The number of benzene rings is 9. The summed E-state index contributed by atoms with van der Waals surface area (Å²) in [4.78, 5) is 2.43. The van der Waals surface area contributed by atoms with Crippen molar-refractivity contribution in [3.8, 4) is 39.1 Å². The van der Waals surface area contributed by atoms with E-state index >= 15 is 0 Å². The number of nitrogens with zero attached hydrogens (tertiary/aromatic N) is 2. The first-order valence-electron chi connectivity index (χ1n) is 19.4. The van der Waals surface area contributed by atoms with Gasteiger partial charge >= 0.3 is 0 Å². The van der Waals surface area contributed by atoms with Gasteiger partial charge in [0.2, 0.25) is 0 Å². The Labute approximate surface area is 330 Å². The van der Waals surface area contributed by atoms with Gasteiger partial charge in [-0.1, -0.05) is 176 Å². The van der Waals surface area contributed by atoms with Gasteiger partial charge in [0.15, 0.2) is 0 Å². The molecule has 2 heterocycles. The molecule has 2 aromatic heterocycles. The third-order valence-electron chi connectivity index (χ3n) is 11.2. The molecular formula is C54H36N2O. The topological polar surface area (TPSA) is 21.3 Å². The highest BCUT2D eigenvalue weighted by Crippen LogP contribution is 2.48. The summed E-state index contributed by atoms with van der Waals surface area (Å²) in [7, 11) is 0. The van der Waals surface area contributed by atoms with Crippen LogP contribution in [0.15, 0.2) is 223 Å². The summed E-state index contributed by atoms with van der Waals surface area (Å²) >= 11 is 0. The lowest BCUT2D eigenvalue weighted by atomic mass is 9.95. The first-order valence-corrected chi connectivity index (χ1v) is 19.4. The maximum Gasteiger partial charge on any atom is 0.137 e. The standard InChI is InChI=1S/C54H36N2O/c1-4-18-37(19-5-1)41-24-10-13-29-47(41)55(49-31-17-33-52-53(49)46-26-12-15-32-51(46)57-52)40-34-35-45-44-25-11-14-30-48(44)56(50(45)36-40)54-42(38-20-6-2-7-21-38)27-16-28-43(54)39-22-8-3-9-23-39/h1-36H. The predicted molar refractivity (Wildman–Crippen MR) is 239 cm³/mol. The van der Waals surface area contributed by atoms with Gasteiger partial charge in [-0.25, -0.2) is 0 Å². The van der Waals surface area contributed by atoms with Gasteiger partial charge in [0.05, 0.1) is 33.5 Å². The van der Waals surface area contributed by atoms with Crippen molar-refractivity contribution in [2.24, 2.45) is 0 Å². The second-order valence-corrected chi connectivity index (χ2v) is 14.5. The molecule has 0 aliphatic heterocycles. The minimum atomic E-state index is 0.857. The fourth-order valence-corrected chi connectivity index (χ4v) is 8.71. The molecule has 0 atom stereocenters. The SMILES string of the molecule is c1ccc(-c2ccccc2N(c2ccc3c4ccccc4n(-c4c(-c5ccccc5)cccc4-c4ccccc4)c3c2)c2cccc3oc4ccccc4c23)cc1. The number of hydrogen-bond acceptors (Lipinski definition) is 2. The fourth-order valence-electron chi connectivity index (χ4n) is 8.71. The second kappa shape index (κ2) is 13.6. The van der Waals surface area contributed by atoms with Crippen molar-refractivity contribution < 1.29 is 4.42 Å². The van der Waals surface area contributed by atoms with E-state index in [4.69, 9.17) is 4.42 Å². The van der Waals surface area contributed by atoms with E-state index in [2.05, 4.69) is 222 Å². The van der Waals surface area contributed by atoms with E-state index in [0.29, 0.717) is 0 Å². The average molecular weight is 729 g/mol. The minimum Gasteiger partial charge on any atom is -0.456 e. The van der Waals surface area contributed by atoms with Gasteiger partial charge in [-0.2, -0.15) is 0 Å². The van der Waals surface area contributed by atoms with Crippen LogP contribution in [0.3, 0.4) is 0 Å². The summed E-state index contributed by atoms with van der Waals surface area (Å²) < 4.78 is 8.99. The van der Waals surface area contributed by atoms with Crippen molar-refractivity contribution >= 4 is 60.8 Å². The maximum atomic E-state index is 6.50. The van der Waals surface area contributed by atoms with Crippen molar-refractivity contribution in [1.82, 2.24) is 4.57 Å². The Hall–Kier alpha value is -7.62. The molecule has 268 valence electrons. The normalized spacial score (nSPS) is 11.5. The third-order valence-corrected chi connectivity index (χ3v) is 11.2. The van der Waals surface area contributed by atoms with E-state index in [1.54, 1.807) is 0 Å². The van der Waals surface area contributed by atoms with Crippen molar-refractivity contribution in [1.29, 1.82) is 0 Å². The molecule has 57 heavy (non-hydrogen) atoms. The maximum absolute atomic E-state index is 6.50. The number of hydrogen-bond donors (Lipinski definition) is 0. The molecule has 0 aliphatic carbocycles. The van der Waals surface area contributed by atoms with Gasteiger partial charge in [0.1, 0.15) is 11.2 Å². The summed E-state index contributed by atoms with van der Waals surface area (Å²) in [6.07, 6.45) is 0. The number of aromatic nitrogens is 1. The molecule has 0 bridgehead atoms. The number of anilines is 3. The average Bonchev–Trinajstić information content (AvgIpc) is 3.83. The first-order chi connectivity index (χ1) is 28.3. The zero-order chi connectivity index (χ0) is 37.7. The molecule has 3 heteroatoms. The van der Waals surface area contributed by atoms with Gasteiger partial charge < -0.3 is 13.9 Å². The Morgan fingerprint density at radius 1 is 0.351 bits per heavy atom. The van der Waals surface area contributed by atoms with E-state index in [0.717, 1.165) is 66.8 Å².